The predicted octanol–water partition coefficient (Wildman–Crippen LogP) is 4.11. The number of pyridine rings is 1. The zero-order valence-corrected chi connectivity index (χ0v) is 17.6. The van der Waals surface area contributed by atoms with E-state index < -0.39 is 0 Å². The number of benzene rings is 1. The van der Waals surface area contributed by atoms with Crippen LogP contribution in [0.5, 0.6) is 0 Å². The summed E-state index contributed by atoms with van der Waals surface area (Å²) in [6, 6.07) is 8.41. The fourth-order valence-electron chi connectivity index (χ4n) is 4.40. The lowest BCUT2D eigenvalue weighted by Crippen LogP contribution is -2.40. The number of carbonyl (C=O) groups excluding carboxylic acids is 1. The normalized spacial score (nSPS) is 17.9. The van der Waals surface area contributed by atoms with Gasteiger partial charge in [0.1, 0.15) is 5.78 Å². The summed E-state index contributed by atoms with van der Waals surface area (Å²) in [6.07, 6.45) is 8.11. The Kier molecular flexibility index (Phi) is 5.76. The molecule has 0 radical (unpaired) electrons. The molecule has 1 atom stereocenters. The van der Waals surface area contributed by atoms with Gasteiger partial charge in [-0.15, -0.1) is 0 Å². The summed E-state index contributed by atoms with van der Waals surface area (Å²) >= 11 is 0. The molecule has 1 aliphatic heterocycles. The number of hydrogen-bond acceptors (Lipinski definition) is 4. The Hall–Kier alpha value is -2.53. The molecule has 1 saturated heterocycles. The van der Waals surface area contributed by atoms with E-state index in [0.29, 0.717) is 18.1 Å². The zero-order valence-electron chi connectivity index (χ0n) is 17.6. The van der Waals surface area contributed by atoms with Crippen molar-refractivity contribution >= 4 is 16.6 Å². The first kappa shape index (κ1) is 19.8. The monoisotopic (exact) mass is 390 g/mol. The van der Waals surface area contributed by atoms with Gasteiger partial charge in [-0.1, -0.05) is 26.0 Å². The van der Waals surface area contributed by atoms with Crippen LogP contribution >= 0.6 is 0 Å². The Morgan fingerprint density at radius 1 is 1.21 bits per heavy atom. The van der Waals surface area contributed by atoms with E-state index in [-0.39, 0.29) is 5.92 Å². The van der Waals surface area contributed by atoms with Gasteiger partial charge in [0.05, 0.1) is 18.2 Å². The fraction of sp³-hybridized carbons (Fsp3) is 0.458. The van der Waals surface area contributed by atoms with Gasteiger partial charge in [0.2, 0.25) is 0 Å². The van der Waals surface area contributed by atoms with Crippen molar-refractivity contribution in [3.8, 4) is 11.3 Å². The van der Waals surface area contributed by atoms with Crippen LogP contribution in [0.2, 0.25) is 0 Å². The van der Waals surface area contributed by atoms with Gasteiger partial charge in [0.25, 0.3) is 0 Å². The molecule has 3 aromatic rings. The third kappa shape index (κ3) is 4.56. The number of hydrogen-bond donors (Lipinski definition) is 0. The molecule has 3 heterocycles. The number of rotatable bonds is 6. The van der Waals surface area contributed by atoms with Crippen LogP contribution in [0.25, 0.3) is 22.0 Å². The van der Waals surface area contributed by atoms with Gasteiger partial charge in [-0.3, -0.25) is 9.78 Å². The van der Waals surface area contributed by atoms with Crippen LogP contribution in [0.1, 0.15) is 32.4 Å². The molecule has 1 fully saturated rings. The van der Waals surface area contributed by atoms with Crippen molar-refractivity contribution < 1.29 is 4.79 Å². The van der Waals surface area contributed by atoms with Gasteiger partial charge in [0.15, 0.2) is 0 Å². The van der Waals surface area contributed by atoms with E-state index in [1.807, 2.05) is 30.3 Å². The van der Waals surface area contributed by atoms with E-state index in [0.717, 1.165) is 60.2 Å². The number of likely N-dealkylation sites (tertiary alicyclic amines) is 1. The SMILES string of the molecule is CC(C)CN1CCC[C@@H](C(=O)Cc2cc3cc(-c4cncn4C)ccc3cn2)C1. The van der Waals surface area contributed by atoms with Crippen molar-refractivity contribution in [3.05, 3.63) is 48.7 Å². The second-order valence-electron chi connectivity index (χ2n) is 8.76. The maximum absolute atomic E-state index is 13.0. The highest BCUT2D eigenvalue weighted by atomic mass is 16.1. The number of Topliss-reactive ketones (excluding diaryl/α,β-unsaturated/α-hetero) is 1. The number of aromatic nitrogens is 3. The maximum atomic E-state index is 13.0. The lowest BCUT2D eigenvalue weighted by atomic mass is 9.90. The van der Waals surface area contributed by atoms with Crippen LogP contribution in [0.15, 0.2) is 43.0 Å². The van der Waals surface area contributed by atoms with E-state index in [1.54, 1.807) is 0 Å². The third-order valence-electron chi connectivity index (χ3n) is 5.83. The van der Waals surface area contributed by atoms with Crippen LogP contribution in [-0.2, 0) is 18.3 Å². The number of carbonyl (C=O) groups is 1. The van der Waals surface area contributed by atoms with Crippen molar-refractivity contribution in [2.45, 2.75) is 33.1 Å². The van der Waals surface area contributed by atoms with Crippen molar-refractivity contribution in [1.29, 1.82) is 0 Å². The number of fused-ring (bicyclic) bond motifs is 1. The maximum Gasteiger partial charge on any atom is 0.143 e. The lowest BCUT2D eigenvalue weighted by molar-refractivity contribution is -0.124. The molecule has 2 aromatic heterocycles. The molecular weight excluding hydrogens is 360 g/mol. The number of imidazole rings is 1. The molecular formula is C24H30N4O. The first-order chi connectivity index (χ1) is 14.0. The van der Waals surface area contributed by atoms with Crippen LogP contribution in [0.4, 0.5) is 0 Å². The smallest absolute Gasteiger partial charge is 0.143 e. The van der Waals surface area contributed by atoms with Gasteiger partial charge in [-0.2, -0.15) is 0 Å². The van der Waals surface area contributed by atoms with Crippen molar-refractivity contribution in [2.75, 3.05) is 19.6 Å². The second kappa shape index (κ2) is 8.46. The van der Waals surface area contributed by atoms with E-state index in [4.69, 9.17) is 0 Å². The Morgan fingerprint density at radius 2 is 2.07 bits per heavy atom. The highest BCUT2D eigenvalue weighted by Gasteiger charge is 2.26. The summed E-state index contributed by atoms with van der Waals surface area (Å²) in [5.74, 6) is 1.11. The van der Waals surface area contributed by atoms with Gasteiger partial charge >= 0.3 is 0 Å². The fourth-order valence-corrected chi connectivity index (χ4v) is 4.40. The molecule has 1 aliphatic rings. The number of piperidine rings is 1. The van der Waals surface area contributed by atoms with Crippen molar-refractivity contribution in [1.82, 2.24) is 19.4 Å². The molecule has 29 heavy (non-hydrogen) atoms. The van der Waals surface area contributed by atoms with Crippen LogP contribution < -0.4 is 0 Å². The zero-order chi connectivity index (χ0) is 20.4. The van der Waals surface area contributed by atoms with Crippen molar-refractivity contribution in [2.24, 2.45) is 18.9 Å². The van der Waals surface area contributed by atoms with E-state index in [1.165, 1.54) is 0 Å². The second-order valence-corrected chi connectivity index (χ2v) is 8.76. The number of nitrogens with zero attached hydrogens (tertiary/aromatic N) is 4. The molecule has 0 amide bonds. The molecule has 0 unspecified atom stereocenters. The highest BCUT2D eigenvalue weighted by Crippen LogP contribution is 2.25. The average molecular weight is 391 g/mol. The first-order valence-electron chi connectivity index (χ1n) is 10.6. The molecule has 5 heteroatoms. The Labute approximate surface area is 172 Å². The van der Waals surface area contributed by atoms with Crippen LogP contribution in [0, 0.1) is 11.8 Å². The van der Waals surface area contributed by atoms with Gasteiger partial charge < -0.3 is 9.47 Å². The Balaban J connectivity index is 1.50. The van der Waals surface area contributed by atoms with Crippen molar-refractivity contribution in [3.63, 3.8) is 0 Å². The minimum Gasteiger partial charge on any atom is -0.334 e. The highest BCUT2D eigenvalue weighted by molar-refractivity contribution is 5.88. The van der Waals surface area contributed by atoms with Crippen LogP contribution in [0.3, 0.4) is 0 Å². The van der Waals surface area contributed by atoms with Crippen LogP contribution in [-0.4, -0.2) is 44.9 Å². The summed E-state index contributed by atoms with van der Waals surface area (Å²) in [6.45, 7) is 7.57. The van der Waals surface area contributed by atoms with Gasteiger partial charge in [-0.25, -0.2) is 4.98 Å². The average Bonchev–Trinajstić information content (AvgIpc) is 3.13. The summed E-state index contributed by atoms with van der Waals surface area (Å²) in [7, 11) is 2.00. The van der Waals surface area contributed by atoms with Gasteiger partial charge in [0, 0.05) is 55.3 Å². The molecule has 1 aromatic carbocycles. The lowest BCUT2D eigenvalue weighted by Gasteiger charge is -2.33. The minimum atomic E-state index is 0.140. The predicted molar refractivity (Wildman–Crippen MR) is 117 cm³/mol. The summed E-state index contributed by atoms with van der Waals surface area (Å²) in [5, 5.41) is 2.21. The molecule has 0 bridgehead atoms. The number of ketones is 1. The molecule has 0 aliphatic carbocycles. The van der Waals surface area contributed by atoms with Gasteiger partial charge in [-0.05, 0) is 42.8 Å². The molecule has 5 nitrogen and oxygen atoms in total. The molecule has 0 N–H and O–H groups in total. The quantitative estimate of drug-likeness (QED) is 0.635. The topological polar surface area (TPSA) is 51.0 Å². The summed E-state index contributed by atoms with van der Waals surface area (Å²) in [5.41, 5.74) is 3.07. The Bertz CT molecular complexity index is 1010. The summed E-state index contributed by atoms with van der Waals surface area (Å²) < 4.78 is 2.01. The minimum absolute atomic E-state index is 0.140. The molecule has 0 spiro atoms. The first-order valence-corrected chi connectivity index (χ1v) is 10.6. The third-order valence-corrected chi connectivity index (χ3v) is 5.83. The molecule has 0 saturated carbocycles. The standard InChI is InChI=1S/C24H30N4O/c1-17(2)14-28-8-4-5-20(15-28)24(29)11-22-10-21-9-18(6-7-19(21)12-26-22)23-13-25-16-27(23)3/h6-7,9-10,12-13,16-17,20H,4-5,8,11,14-15H2,1-3H3/t20-/m1/s1. The Morgan fingerprint density at radius 3 is 2.83 bits per heavy atom. The van der Waals surface area contributed by atoms with E-state index in [2.05, 4.69) is 53.0 Å². The van der Waals surface area contributed by atoms with E-state index >= 15 is 0 Å². The van der Waals surface area contributed by atoms with E-state index in [9.17, 15) is 4.79 Å². The molecule has 4 rings (SSSR count). The largest absolute Gasteiger partial charge is 0.334 e. The summed E-state index contributed by atoms with van der Waals surface area (Å²) in [4.78, 5) is 24.2. The number of aryl methyl sites for hydroxylation is 1. The molecule has 152 valence electrons.